The van der Waals surface area contributed by atoms with Crippen LogP contribution < -0.4 is 5.32 Å². The number of amides is 2. The Hall–Kier alpha value is -4.23. The van der Waals surface area contributed by atoms with Gasteiger partial charge in [0, 0.05) is 16.8 Å². The van der Waals surface area contributed by atoms with Gasteiger partial charge < -0.3 is 19.2 Å². The molecule has 0 aliphatic carbocycles. The number of halogens is 1. The zero-order chi connectivity index (χ0) is 24.6. The van der Waals surface area contributed by atoms with Crippen LogP contribution in [0.2, 0.25) is 5.02 Å². The second kappa shape index (κ2) is 9.09. The van der Waals surface area contributed by atoms with Crippen molar-refractivity contribution in [1.29, 1.82) is 0 Å². The van der Waals surface area contributed by atoms with Crippen LogP contribution >= 0.6 is 11.6 Å². The lowest BCUT2D eigenvalue weighted by molar-refractivity contribution is 0.179. The number of urea groups is 1. The number of nitrogens with zero attached hydrogens (tertiary/aromatic N) is 4. The number of hydrogen-bond acceptors (Lipinski definition) is 3. The number of benzene rings is 2. The average molecular weight is 498 g/mol. The fraction of sp³-hybridized carbons (Fsp3) is 0.143. The molecule has 0 saturated carbocycles. The van der Waals surface area contributed by atoms with Crippen LogP contribution in [0.1, 0.15) is 34.3 Å². The number of para-hydroxylation sites is 1. The number of aryl methyl sites for hydroxylation is 1. The molecule has 36 heavy (non-hydrogen) atoms. The van der Waals surface area contributed by atoms with Crippen molar-refractivity contribution in [1.82, 2.24) is 24.6 Å². The first-order chi connectivity index (χ1) is 17.6. The first-order valence-corrected chi connectivity index (χ1v) is 12.1. The Labute approximate surface area is 213 Å². The number of carbonyl (C=O) groups excluding carboxylic acids is 1. The Kier molecular flexibility index (Phi) is 5.62. The van der Waals surface area contributed by atoms with Gasteiger partial charge in [-0.05, 0) is 61.0 Å². The first kappa shape index (κ1) is 22.2. The molecule has 4 heterocycles. The number of hydrogen-bond donors (Lipinski definition) is 1. The average Bonchev–Trinajstić information content (AvgIpc) is 3.63. The summed E-state index contributed by atoms with van der Waals surface area (Å²) in [5.74, 6) is 1.62. The third-order valence-electron chi connectivity index (χ3n) is 6.53. The molecule has 0 fully saturated rings. The summed E-state index contributed by atoms with van der Waals surface area (Å²) >= 11 is 6.21. The molecule has 0 spiro atoms. The summed E-state index contributed by atoms with van der Waals surface area (Å²) in [4.78, 5) is 15.6. The number of fused-ring (bicyclic) bond motifs is 3. The Morgan fingerprint density at radius 3 is 2.61 bits per heavy atom. The molecule has 0 bridgehead atoms. The number of nitrogens with one attached hydrogen (secondary N) is 1. The number of carbonyl (C=O) groups is 1. The van der Waals surface area contributed by atoms with E-state index in [0.717, 1.165) is 34.0 Å². The zero-order valence-corrected chi connectivity index (χ0v) is 20.4. The van der Waals surface area contributed by atoms with E-state index in [1.807, 2.05) is 95.5 Å². The molecular formula is C28H24ClN5O2. The van der Waals surface area contributed by atoms with Crippen molar-refractivity contribution >= 4 is 17.6 Å². The van der Waals surface area contributed by atoms with E-state index in [2.05, 4.69) is 16.0 Å². The van der Waals surface area contributed by atoms with Gasteiger partial charge in [0.15, 0.2) is 0 Å². The Balaban J connectivity index is 1.50. The van der Waals surface area contributed by atoms with Crippen LogP contribution in [0.4, 0.5) is 4.79 Å². The molecule has 3 aromatic heterocycles. The lowest BCUT2D eigenvalue weighted by atomic mass is 10.0. The van der Waals surface area contributed by atoms with Gasteiger partial charge in [-0.15, -0.1) is 0 Å². The van der Waals surface area contributed by atoms with Gasteiger partial charge in [-0.2, -0.15) is 5.10 Å². The van der Waals surface area contributed by atoms with Crippen LogP contribution in [0.5, 0.6) is 0 Å². The molecular weight excluding hydrogens is 474 g/mol. The van der Waals surface area contributed by atoms with Crippen LogP contribution in [0.3, 0.4) is 0 Å². The molecule has 0 unspecified atom stereocenters. The Bertz CT molecular complexity index is 1500. The molecule has 180 valence electrons. The molecule has 8 heteroatoms. The summed E-state index contributed by atoms with van der Waals surface area (Å²) in [6, 6.07) is 24.9. The highest BCUT2D eigenvalue weighted by Gasteiger charge is 2.35. The lowest BCUT2D eigenvalue weighted by Crippen LogP contribution is -2.41. The zero-order valence-electron chi connectivity index (χ0n) is 19.6. The summed E-state index contributed by atoms with van der Waals surface area (Å²) in [5.41, 5.74) is 4.74. The quantitative estimate of drug-likeness (QED) is 0.329. The molecule has 1 aliphatic rings. The highest BCUT2D eigenvalue weighted by Crippen LogP contribution is 2.38. The van der Waals surface area contributed by atoms with E-state index < -0.39 is 0 Å². The standard InChI is InChI=1S/C28H24ClN5O2/c1-19-24-18-33(28(35)30-17-23-9-6-16-36-23)26(20-11-13-21(29)14-12-20)25-10-5-15-32(25)27(24)34(31-19)22-7-3-2-4-8-22/h2-16,26H,17-18H2,1H3,(H,30,35)/t26-/m0/s1. The van der Waals surface area contributed by atoms with Crippen LogP contribution in [0.15, 0.2) is 95.7 Å². The summed E-state index contributed by atoms with van der Waals surface area (Å²) in [7, 11) is 0. The van der Waals surface area contributed by atoms with Crippen LogP contribution in [-0.2, 0) is 13.1 Å². The van der Waals surface area contributed by atoms with Crippen molar-refractivity contribution in [3.05, 3.63) is 125 Å². The molecule has 0 saturated heterocycles. The number of aromatic nitrogens is 3. The molecule has 7 nitrogen and oxygen atoms in total. The largest absolute Gasteiger partial charge is 0.467 e. The lowest BCUT2D eigenvalue weighted by Gasteiger charge is -2.31. The third kappa shape index (κ3) is 3.87. The summed E-state index contributed by atoms with van der Waals surface area (Å²) < 4.78 is 9.52. The van der Waals surface area contributed by atoms with Gasteiger partial charge in [0.25, 0.3) is 0 Å². The fourth-order valence-corrected chi connectivity index (χ4v) is 4.95. The van der Waals surface area contributed by atoms with Crippen molar-refractivity contribution < 1.29 is 9.21 Å². The van der Waals surface area contributed by atoms with E-state index in [-0.39, 0.29) is 12.1 Å². The van der Waals surface area contributed by atoms with E-state index >= 15 is 0 Å². The van der Waals surface area contributed by atoms with E-state index in [9.17, 15) is 4.79 Å². The van der Waals surface area contributed by atoms with E-state index in [0.29, 0.717) is 23.9 Å². The second-order valence-corrected chi connectivity index (χ2v) is 9.19. The highest BCUT2D eigenvalue weighted by atomic mass is 35.5. The highest BCUT2D eigenvalue weighted by molar-refractivity contribution is 6.30. The topological polar surface area (TPSA) is 68.2 Å². The number of rotatable bonds is 4. The van der Waals surface area contributed by atoms with Crippen molar-refractivity contribution in [3.63, 3.8) is 0 Å². The molecule has 1 atom stereocenters. The fourth-order valence-electron chi connectivity index (χ4n) is 4.82. The SMILES string of the molecule is Cc1nn(-c2ccccc2)c2c1CN(C(=O)NCc1ccco1)[C@@H](c1ccc(Cl)cc1)c1cccn1-2. The number of furan rings is 1. The Morgan fingerprint density at radius 1 is 1.06 bits per heavy atom. The van der Waals surface area contributed by atoms with Crippen molar-refractivity contribution in [2.24, 2.45) is 0 Å². The predicted molar refractivity (Wildman–Crippen MR) is 137 cm³/mol. The molecule has 1 aliphatic heterocycles. The maximum Gasteiger partial charge on any atom is 0.318 e. The normalized spacial score (nSPS) is 14.7. The maximum atomic E-state index is 13.7. The minimum absolute atomic E-state index is 0.196. The summed E-state index contributed by atoms with van der Waals surface area (Å²) in [6.07, 6.45) is 3.63. The van der Waals surface area contributed by atoms with E-state index in [1.54, 1.807) is 6.26 Å². The van der Waals surface area contributed by atoms with Gasteiger partial charge in [0.05, 0.1) is 42.5 Å². The van der Waals surface area contributed by atoms with Gasteiger partial charge >= 0.3 is 6.03 Å². The second-order valence-electron chi connectivity index (χ2n) is 8.76. The maximum absolute atomic E-state index is 13.7. The smallest absolute Gasteiger partial charge is 0.318 e. The Morgan fingerprint density at radius 2 is 1.86 bits per heavy atom. The van der Waals surface area contributed by atoms with Crippen molar-refractivity contribution in [3.8, 4) is 11.5 Å². The minimum atomic E-state index is -0.343. The monoisotopic (exact) mass is 497 g/mol. The molecule has 2 aromatic carbocycles. The van der Waals surface area contributed by atoms with Crippen molar-refractivity contribution in [2.75, 3.05) is 0 Å². The molecule has 6 rings (SSSR count). The molecule has 2 amide bonds. The van der Waals surface area contributed by atoms with Crippen LogP contribution in [0, 0.1) is 6.92 Å². The summed E-state index contributed by atoms with van der Waals surface area (Å²) in [6.45, 7) is 2.67. The van der Waals surface area contributed by atoms with Crippen LogP contribution in [-0.4, -0.2) is 25.3 Å². The van der Waals surface area contributed by atoms with E-state index in [1.165, 1.54) is 0 Å². The summed E-state index contributed by atoms with van der Waals surface area (Å²) in [5, 5.41) is 8.56. The first-order valence-electron chi connectivity index (χ1n) is 11.7. The van der Waals surface area contributed by atoms with Gasteiger partial charge in [-0.1, -0.05) is 41.9 Å². The minimum Gasteiger partial charge on any atom is -0.467 e. The predicted octanol–water partition coefficient (Wildman–Crippen LogP) is 6.03. The van der Waals surface area contributed by atoms with Crippen molar-refractivity contribution in [2.45, 2.75) is 26.1 Å². The van der Waals surface area contributed by atoms with Gasteiger partial charge in [0.1, 0.15) is 11.6 Å². The van der Waals surface area contributed by atoms with E-state index in [4.69, 9.17) is 21.1 Å². The van der Waals surface area contributed by atoms with Gasteiger partial charge in [-0.25, -0.2) is 9.48 Å². The molecule has 1 N–H and O–H groups in total. The molecule has 5 aromatic rings. The van der Waals surface area contributed by atoms with Gasteiger partial charge in [0.2, 0.25) is 0 Å². The third-order valence-corrected chi connectivity index (χ3v) is 6.78. The van der Waals surface area contributed by atoms with Crippen LogP contribution in [0.25, 0.3) is 11.5 Å². The molecule has 0 radical (unpaired) electrons. The van der Waals surface area contributed by atoms with Gasteiger partial charge in [-0.3, -0.25) is 0 Å².